The Morgan fingerprint density at radius 3 is 2.70 bits per heavy atom. The average molecular weight is 373 g/mol. The van der Waals surface area contributed by atoms with E-state index < -0.39 is 10.8 Å². The number of nitro groups is 1. The highest BCUT2D eigenvalue weighted by Gasteiger charge is 2.26. The first kappa shape index (κ1) is 18.4. The van der Waals surface area contributed by atoms with Gasteiger partial charge < -0.3 is 20.1 Å². The van der Waals surface area contributed by atoms with Gasteiger partial charge in [-0.3, -0.25) is 19.7 Å². The Bertz CT molecular complexity index is 890. The van der Waals surface area contributed by atoms with E-state index in [4.69, 9.17) is 4.52 Å². The van der Waals surface area contributed by atoms with E-state index in [1.165, 1.54) is 23.1 Å². The Hall–Kier alpha value is -3.43. The van der Waals surface area contributed by atoms with E-state index in [0.29, 0.717) is 5.76 Å². The number of amides is 2. The van der Waals surface area contributed by atoms with Crippen LogP contribution < -0.4 is 15.5 Å². The fraction of sp³-hybridized carbons (Fsp3) is 0.353. The van der Waals surface area contributed by atoms with Crippen molar-refractivity contribution in [1.82, 2.24) is 10.5 Å². The molecule has 1 aliphatic carbocycles. The summed E-state index contributed by atoms with van der Waals surface area (Å²) in [4.78, 5) is 36.5. The molecular formula is C17H19N5O5. The third kappa shape index (κ3) is 4.60. The summed E-state index contributed by atoms with van der Waals surface area (Å²) in [6, 6.07) is 5.92. The van der Waals surface area contributed by atoms with Crippen molar-refractivity contribution in [3.8, 4) is 0 Å². The number of nitrogens with one attached hydrogen (secondary N) is 2. The Kier molecular flexibility index (Phi) is 5.06. The zero-order chi connectivity index (χ0) is 19.6. The molecule has 2 N–H and O–H groups in total. The van der Waals surface area contributed by atoms with E-state index in [9.17, 15) is 19.7 Å². The lowest BCUT2D eigenvalue weighted by Gasteiger charge is -2.18. The van der Waals surface area contributed by atoms with Crippen LogP contribution in [-0.4, -0.2) is 41.5 Å². The zero-order valence-electron chi connectivity index (χ0n) is 14.9. The van der Waals surface area contributed by atoms with Gasteiger partial charge in [-0.2, -0.15) is 0 Å². The second-order valence-electron chi connectivity index (χ2n) is 6.44. The Balaban J connectivity index is 1.72. The van der Waals surface area contributed by atoms with Gasteiger partial charge in [0, 0.05) is 30.8 Å². The highest BCUT2D eigenvalue weighted by molar-refractivity contribution is 5.97. The second-order valence-corrected chi connectivity index (χ2v) is 6.44. The van der Waals surface area contributed by atoms with Crippen molar-refractivity contribution >= 4 is 29.0 Å². The lowest BCUT2D eigenvalue weighted by Crippen LogP contribution is -2.31. The summed E-state index contributed by atoms with van der Waals surface area (Å²) in [6.45, 7) is 1.55. The summed E-state index contributed by atoms with van der Waals surface area (Å²) in [6.07, 6.45) is 1.85. The van der Waals surface area contributed by atoms with Gasteiger partial charge in [-0.05, 0) is 31.9 Å². The minimum absolute atomic E-state index is 0.139. The molecule has 0 bridgehead atoms. The van der Waals surface area contributed by atoms with Crippen LogP contribution >= 0.6 is 0 Å². The first-order valence-corrected chi connectivity index (χ1v) is 8.37. The SMILES string of the molecule is Cc1cc(NC(=O)CN(C)c2ccc(C(=O)NC3CC3)cc2[N+](=O)[O-])no1. The van der Waals surface area contributed by atoms with Crippen LogP contribution in [0.15, 0.2) is 28.8 Å². The summed E-state index contributed by atoms with van der Waals surface area (Å²) in [5, 5.41) is 20.4. The highest BCUT2D eigenvalue weighted by Crippen LogP contribution is 2.29. The molecule has 0 spiro atoms. The van der Waals surface area contributed by atoms with Gasteiger partial charge >= 0.3 is 0 Å². The van der Waals surface area contributed by atoms with Crippen molar-refractivity contribution in [3.63, 3.8) is 0 Å². The first-order valence-electron chi connectivity index (χ1n) is 8.37. The molecule has 27 heavy (non-hydrogen) atoms. The van der Waals surface area contributed by atoms with Gasteiger partial charge in [0.2, 0.25) is 5.91 Å². The number of hydrogen-bond acceptors (Lipinski definition) is 7. The number of aromatic nitrogens is 1. The number of carbonyl (C=O) groups is 2. The molecule has 1 saturated carbocycles. The summed E-state index contributed by atoms with van der Waals surface area (Å²) in [5.41, 5.74) is 0.203. The summed E-state index contributed by atoms with van der Waals surface area (Å²) < 4.78 is 4.87. The van der Waals surface area contributed by atoms with E-state index in [2.05, 4.69) is 15.8 Å². The van der Waals surface area contributed by atoms with Crippen LogP contribution in [0.25, 0.3) is 0 Å². The zero-order valence-corrected chi connectivity index (χ0v) is 14.9. The Morgan fingerprint density at radius 1 is 1.37 bits per heavy atom. The third-order valence-electron chi connectivity index (χ3n) is 4.03. The molecule has 1 heterocycles. The Morgan fingerprint density at radius 2 is 2.11 bits per heavy atom. The molecular weight excluding hydrogens is 354 g/mol. The molecule has 1 aromatic carbocycles. The number of likely N-dealkylation sites (N-methyl/N-ethyl adjacent to an activating group) is 1. The lowest BCUT2D eigenvalue weighted by molar-refractivity contribution is -0.384. The third-order valence-corrected chi connectivity index (χ3v) is 4.03. The molecule has 1 fully saturated rings. The van der Waals surface area contributed by atoms with Gasteiger partial charge in [0.1, 0.15) is 11.4 Å². The second kappa shape index (κ2) is 7.44. The van der Waals surface area contributed by atoms with E-state index in [0.717, 1.165) is 12.8 Å². The number of rotatable bonds is 7. The summed E-state index contributed by atoms with van der Waals surface area (Å²) >= 11 is 0. The molecule has 10 nitrogen and oxygen atoms in total. The Labute approximate surface area is 154 Å². The van der Waals surface area contributed by atoms with Gasteiger partial charge in [0.05, 0.1) is 11.5 Å². The maximum Gasteiger partial charge on any atom is 0.293 e. The standard InChI is InChI=1S/C17H19N5O5/c1-10-7-15(20-27-10)19-16(23)9-21(2)13-6-3-11(8-14(13)22(25)26)17(24)18-12-4-5-12/h3,6-8,12H,4-5,9H2,1-2H3,(H,18,24)(H,19,20,23). The first-order chi connectivity index (χ1) is 12.8. The molecule has 1 aromatic heterocycles. The minimum Gasteiger partial charge on any atom is -0.360 e. The van der Waals surface area contributed by atoms with Gasteiger partial charge in [-0.1, -0.05) is 5.16 Å². The van der Waals surface area contributed by atoms with Crippen molar-refractivity contribution in [2.45, 2.75) is 25.8 Å². The normalized spacial score (nSPS) is 13.1. The van der Waals surface area contributed by atoms with Gasteiger partial charge in [-0.25, -0.2) is 0 Å². The van der Waals surface area contributed by atoms with Crippen LogP contribution in [0.1, 0.15) is 29.0 Å². The molecule has 10 heteroatoms. The quantitative estimate of drug-likeness (QED) is 0.559. The van der Waals surface area contributed by atoms with E-state index in [-0.39, 0.29) is 41.2 Å². The largest absolute Gasteiger partial charge is 0.360 e. The highest BCUT2D eigenvalue weighted by atomic mass is 16.6. The number of nitrogens with zero attached hydrogens (tertiary/aromatic N) is 3. The fourth-order valence-corrected chi connectivity index (χ4v) is 2.54. The maximum absolute atomic E-state index is 12.1. The van der Waals surface area contributed by atoms with Crippen LogP contribution in [0, 0.1) is 17.0 Å². The van der Waals surface area contributed by atoms with Crippen LogP contribution in [0.3, 0.4) is 0 Å². The van der Waals surface area contributed by atoms with Gasteiger partial charge in [0.15, 0.2) is 5.82 Å². The van der Waals surface area contributed by atoms with Crippen molar-refractivity contribution < 1.29 is 19.0 Å². The molecule has 0 atom stereocenters. The van der Waals surface area contributed by atoms with Crippen LogP contribution in [0.2, 0.25) is 0 Å². The van der Waals surface area contributed by atoms with E-state index >= 15 is 0 Å². The molecule has 1 aliphatic rings. The van der Waals surface area contributed by atoms with Crippen molar-refractivity contribution in [2.24, 2.45) is 0 Å². The van der Waals surface area contributed by atoms with Gasteiger partial charge in [-0.15, -0.1) is 0 Å². The number of nitro benzene ring substituents is 1. The monoisotopic (exact) mass is 373 g/mol. The van der Waals surface area contributed by atoms with Crippen LogP contribution in [0.5, 0.6) is 0 Å². The van der Waals surface area contributed by atoms with Crippen molar-refractivity contribution in [3.05, 3.63) is 45.7 Å². The van der Waals surface area contributed by atoms with Gasteiger partial charge in [0.25, 0.3) is 11.6 Å². The molecule has 0 aliphatic heterocycles. The molecule has 3 rings (SSSR count). The predicted octanol–water partition coefficient (Wildman–Crippen LogP) is 1.86. The average Bonchev–Trinajstić information content (AvgIpc) is 3.34. The summed E-state index contributed by atoms with van der Waals surface area (Å²) in [5.74, 6) is 0.0754. The van der Waals surface area contributed by atoms with E-state index in [1.54, 1.807) is 20.0 Å². The lowest BCUT2D eigenvalue weighted by atomic mass is 10.1. The molecule has 2 aromatic rings. The maximum atomic E-state index is 12.1. The minimum atomic E-state index is -0.571. The van der Waals surface area contributed by atoms with Crippen LogP contribution in [-0.2, 0) is 4.79 Å². The number of hydrogen-bond donors (Lipinski definition) is 2. The molecule has 0 unspecified atom stereocenters. The molecule has 0 radical (unpaired) electrons. The smallest absolute Gasteiger partial charge is 0.293 e. The number of aryl methyl sites for hydroxylation is 1. The molecule has 142 valence electrons. The fourth-order valence-electron chi connectivity index (χ4n) is 2.54. The number of benzene rings is 1. The topological polar surface area (TPSA) is 131 Å². The number of carbonyl (C=O) groups excluding carboxylic acids is 2. The number of anilines is 2. The van der Waals surface area contributed by atoms with E-state index in [1.807, 2.05) is 0 Å². The van der Waals surface area contributed by atoms with Crippen LogP contribution in [0.4, 0.5) is 17.2 Å². The van der Waals surface area contributed by atoms with Crippen molar-refractivity contribution in [2.75, 3.05) is 23.8 Å². The molecule has 0 saturated heterocycles. The predicted molar refractivity (Wildman–Crippen MR) is 96.7 cm³/mol. The molecule has 2 amide bonds. The van der Waals surface area contributed by atoms with Crippen molar-refractivity contribution in [1.29, 1.82) is 0 Å². The summed E-state index contributed by atoms with van der Waals surface area (Å²) in [7, 11) is 1.56.